The summed E-state index contributed by atoms with van der Waals surface area (Å²) < 4.78 is 5.29. The van der Waals surface area contributed by atoms with Crippen LogP contribution in [0.5, 0.6) is 0 Å². The van der Waals surface area contributed by atoms with Gasteiger partial charge in [-0.3, -0.25) is 24.1 Å². The number of nitrogens with zero attached hydrogens (tertiary/aromatic N) is 5. The minimum absolute atomic E-state index is 0.0288. The van der Waals surface area contributed by atoms with Gasteiger partial charge in [-0.15, -0.1) is 46.2 Å². The van der Waals surface area contributed by atoms with Gasteiger partial charge in [-0.25, -0.2) is 29.1 Å². The number of allylic oxidation sites excluding steroid dienone is 1. The fraction of sp³-hybridized carbons (Fsp3) is 0.312. The van der Waals surface area contributed by atoms with Gasteiger partial charge in [0.15, 0.2) is 21.7 Å². The van der Waals surface area contributed by atoms with Gasteiger partial charge < -0.3 is 56.7 Å². The van der Waals surface area contributed by atoms with Crippen molar-refractivity contribution in [2.45, 2.75) is 35.9 Å². The third kappa shape index (κ3) is 9.19. The van der Waals surface area contributed by atoms with E-state index in [-0.39, 0.29) is 44.6 Å². The van der Waals surface area contributed by atoms with Crippen molar-refractivity contribution >= 4 is 115 Å². The molecule has 1 saturated heterocycles. The fourth-order valence-electron chi connectivity index (χ4n) is 5.74. The molecule has 2 aromatic heterocycles. The van der Waals surface area contributed by atoms with E-state index in [1.165, 1.54) is 28.6 Å². The van der Waals surface area contributed by atoms with Crippen LogP contribution in [0.1, 0.15) is 18.3 Å². The maximum atomic E-state index is 14.1. The number of carbonyl (C=O) groups is 8. The number of amides is 4. The normalized spacial score (nSPS) is 21.6. The minimum atomic E-state index is -1.56. The number of anilines is 2. The molecule has 3 unspecified atom stereocenters. The van der Waals surface area contributed by atoms with Crippen molar-refractivity contribution in [3.63, 3.8) is 0 Å². The van der Waals surface area contributed by atoms with Crippen molar-refractivity contribution < 1.29 is 68.1 Å². The van der Waals surface area contributed by atoms with E-state index in [0.29, 0.717) is 11.1 Å². The van der Waals surface area contributed by atoms with Crippen molar-refractivity contribution in [2.75, 3.05) is 35.8 Å². The topological polar surface area (TPSA) is 353 Å². The molecular formula is C32H30N10O14S4. The average Bonchev–Trinajstić information content (AvgIpc) is 3.92. The zero-order chi connectivity index (χ0) is 43.4. The SMILES string of the molecule is C=CC1=C(C(=O)O)N2C(=O)[C@@H](NC(=O)/C(=N\OCC(=O)O)c3csc(NC(=O)C(NC(=O)/C(=N\OCC(=O)O)c4csc(N)n4)C4NC5=C(CS4)C(C)OC5=O)n3)[C@H]2SC1. The number of ether oxygens (including phenoxy) is 1. The number of carbonyl (C=O) groups excluding carboxylic acids is 5. The van der Waals surface area contributed by atoms with E-state index in [9.17, 15) is 43.5 Å². The van der Waals surface area contributed by atoms with Crippen LogP contribution < -0.4 is 27.0 Å². The first-order valence-corrected chi connectivity index (χ1v) is 20.7. The van der Waals surface area contributed by atoms with E-state index in [1.807, 2.05) is 0 Å². The monoisotopic (exact) mass is 906 g/mol. The molecule has 4 aliphatic rings. The number of carboxylic acids is 3. The first-order chi connectivity index (χ1) is 28.6. The number of thioether (sulfide) groups is 2. The van der Waals surface area contributed by atoms with Crippen molar-refractivity contribution in [2.24, 2.45) is 10.3 Å². The predicted octanol–water partition coefficient (Wildman–Crippen LogP) is -1.30. The highest BCUT2D eigenvalue weighted by atomic mass is 32.2. The molecule has 1 fully saturated rings. The van der Waals surface area contributed by atoms with Crippen molar-refractivity contribution in [1.29, 1.82) is 0 Å². The third-order valence-corrected chi connectivity index (χ3v) is 12.4. The lowest BCUT2D eigenvalue weighted by Crippen LogP contribution is -2.71. The Bertz CT molecular complexity index is 2320. The Balaban J connectivity index is 1.24. The molecule has 0 radical (unpaired) electrons. The second-order valence-electron chi connectivity index (χ2n) is 12.3. The Kier molecular flexibility index (Phi) is 13.0. The summed E-state index contributed by atoms with van der Waals surface area (Å²) in [5.74, 6) is -8.32. The number of aromatic nitrogens is 2. The molecule has 6 rings (SSSR count). The number of oxime groups is 2. The van der Waals surface area contributed by atoms with E-state index in [2.05, 4.69) is 48.1 Å². The number of thiazole rings is 2. The van der Waals surface area contributed by atoms with Crippen LogP contribution in [0.4, 0.5) is 10.3 Å². The minimum Gasteiger partial charge on any atom is -0.479 e. The molecule has 9 N–H and O–H groups in total. The van der Waals surface area contributed by atoms with Crippen LogP contribution in [0.25, 0.3) is 0 Å². The third-order valence-electron chi connectivity index (χ3n) is 8.47. The highest BCUT2D eigenvalue weighted by Crippen LogP contribution is 2.40. The number of fused-ring (bicyclic) bond motifs is 1. The van der Waals surface area contributed by atoms with Crippen molar-refractivity contribution in [3.8, 4) is 0 Å². The first-order valence-electron chi connectivity index (χ1n) is 16.9. The van der Waals surface area contributed by atoms with Gasteiger partial charge in [0.2, 0.25) is 13.2 Å². The quantitative estimate of drug-likeness (QED) is 0.0396. The molecule has 0 aromatic carbocycles. The van der Waals surface area contributed by atoms with E-state index < -0.39 is 101 Å². The summed E-state index contributed by atoms with van der Waals surface area (Å²) in [6, 6.07) is -2.79. The molecule has 4 aliphatic heterocycles. The van der Waals surface area contributed by atoms with Crippen LogP contribution in [0, 0.1) is 0 Å². The number of rotatable bonds is 17. The zero-order valence-electron chi connectivity index (χ0n) is 30.4. The summed E-state index contributed by atoms with van der Waals surface area (Å²) in [6.45, 7) is 3.35. The van der Waals surface area contributed by atoms with Gasteiger partial charge in [0.1, 0.15) is 51.7 Å². The van der Waals surface area contributed by atoms with Gasteiger partial charge in [-0.2, -0.15) is 0 Å². The van der Waals surface area contributed by atoms with Crippen LogP contribution in [0.3, 0.4) is 0 Å². The van der Waals surface area contributed by atoms with E-state index in [0.717, 1.165) is 39.3 Å². The smallest absolute Gasteiger partial charge is 0.355 e. The number of carboxylic acid groups (broad SMARTS) is 3. The lowest BCUT2D eigenvalue weighted by molar-refractivity contribution is -0.150. The standard InChI is InChI=1S/C32H30N10O14S4/c1-3-11-6-58-28-21(27(50)42(28)22(11)29(51)52)37-24(48)19(41-55-5-16(45)46)14-9-60-32(35-14)39-25(49)20(26-38-17-12(7-57-26)10(2)56-30(17)53)36-23(47)18(40-54-4-15(43)44)13-8-59-31(33)34-13/h3,8-10,20-21,26,28,38H,1,4-7H2,2H3,(H2,33,34)(H,36,47)(H,37,48)(H,43,44)(H,45,46)(H,51,52)(H,35,39,49)/b40-18-,41-19-/t10?,20?,21-,26?,28-/m1/s1. The Morgan fingerprint density at radius 1 is 1.02 bits per heavy atom. The highest BCUT2D eigenvalue weighted by Gasteiger charge is 2.54. The number of cyclic esters (lactones) is 1. The largest absolute Gasteiger partial charge is 0.479 e. The summed E-state index contributed by atoms with van der Waals surface area (Å²) in [7, 11) is 0. The van der Waals surface area contributed by atoms with Crippen molar-refractivity contribution in [3.05, 3.63) is 57.3 Å². The second-order valence-corrected chi connectivity index (χ2v) is 16.3. The van der Waals surface area contributed by atoms with Gasteiger partial charge in [0.05, 0.1) is 0 Å². The highest BCUT2D eigenvalue weighted by molar-refractivity contribution is 8.00. The lowest BCUT2D eigenvalue weighted by Gasteiger charge is -2.49. The molecule has 24 nitrogen and oxygen atoms in total. The van der Waals surface area contributed by atoms with Crippen LogP contribution in [0.2, 0.25) is 0 Å². The summed E-state index contributed by atoms with van der Waals surface area (Å²) in [4.78, 5) is 120. The summed E-state index contributed by atoms with van der Waals surface area (Å²) >= 11 is 4.00. The van der Waals surface area contributed by atoms with Gasteiger partial charge in [0, 0.05) is 27.8 Å². The Morgan fingerprint density at radius 2 is 1.67 bits per heavy atom. The molecule has 0 saturated carbocycles. The first kappa shape index (κ1) is 43.1. The molecule has 28 heteroatoms. The molecule has 2 aromatic rings. The number of esters is 1. The molecule has 0 aliphatic carbocycles. The molecule has 60 heavy (non-hydrogen) atoms. The summed E-state index contributed by atoms with van der Waals surface area (Å²) in [6.07, 6.45) is 0.767. The van der Waals surface area contributed by atoms with Gasteiger partial charge in [0.25, 0.3) is 23.6 Å². The van der Waals surface area contributed by atoms with Crippen molar-refractivity contribution in [1.82, 2.24) is 30.8 Å². The number of hydrogen-bond acceptors (Lipinski definition) is 21. The number of hydrogen-bond donors (Lipinski definition) is 8. The van der Waals surface area contributed by atoms with E-state index >= 15 is 0 Å². The fourth-order valence-corrected chi connectivity index (χ4v) is 9.65. The average molecular weight is 907 g/mol. The number of nitrogens with one attached hydrogen (secondary N) is 4. The summed E-state index contributed by atoms with van der Waals surface area (Å²) in [5.41, 5.74) is 4.94. The molecule has 4 amide bonds. The summed E-state index contributed by atoms with van der Waals surface area (Å²) in [5, 5.41) is 46.1. The number of nitrogen functional groups attached to an aromatic ring is 1. The second kappa shape index (κ2) is 18.2. The maximum absolute atomic E-state index is 14.1. The zero-order valence-corrected chi connectivity index (χ0v) is 33.7. The molecule has 6 heterocycles. The maximum Gasteiger partial charge on any atom is 0.355 e. The predicted molar refractivity (Wildman–Crippen MR) is 211 cm³/mol. The van der Waals surface area contributed by atoms with E-state index in [4.69, 9.17) is 30.4 Å². The van der Waals surface area contributed by atoms with Crippen LogP contribution in [-0.4, -0.2) is 143 Å². The van der Waals surface area contributed by atoms with Gasteiger partial charge >= 0.3 is 23.9 Å². The number of nitrogens with two attached hydrogens (primary N) is 1. The molecule has 0 bridgehead atoms. The Labute approximate surface area is 352 Å². The Morgan fingerprint density at radius 3 is 2.28 bits per heavy atom. The van der Waals surface area contributed by atoms with Gasteiger partial charge in [-0.05, 0) is 12.5 Å². The number of aliphatic carboxylic acids is 3. The van der Waals surface area contributed by atoms with Gasteiger partial charge in [-0.1, -0.05) is 23.0 Å². The molecule has 316 valence electrons. The molecular weight excluding hydrogens is 877 g/mol. The molecule has 5 atom stereocenters. The molecule has 0 spiro atoms. The van der Waals surface area contributed by atoms with Crippen LogP contribution >= 0.6 is 46.2 Å². The van der Waals surface area contributed by atoms with Crippen LogP contribution in [0.15, 0.2) is 56.3 Å². The lowest BCUT2D eigenvalue weighted by atomic mass is 10.0. The van der Waals surface area contributed by atoms with Crippen LogP contribution in [-0.2, 0) is 52.8 Å². The van der Waals surface area contributed by atoms with E-state index in [1.54, 1.807) is 6.92 Å². The Hall–Kier alpha value is -6.52. The number of β-lactam (4-membered cyclic amide) rings is 1.